The molecule has 2 nitrogen and oxygen atoms in total. The van der Waals surface area contributed by atoms with Crippen molar-refractivity contribution in [1.29, 1.82) is 0 Å². The highest BCUT2D eigenvalue weighted by Gasteiger charge is 2.35. The average Bonchev–Trinajstić information content (AvgIpc) is 3.07. The molecule has 0 unspecified atom stereocenters. The molecule has 1 saturated carbocycles. The van der Waals surface area contributed by atoms with Crippen molar-refractivity contribution in [3.8, 4) is 0 Å². The molecule has 1 aliphatic carbocycles. The van der Waals surface area contributed by atoms with Gasteiger partial charge in [-0.15, -0.1) is 0 Å². The molecule has 4 heteroatoms. The van der Waals surface area contributed by atoms with Crippen molar-refractivity contribution in [3.05, 3.63) is 65.0 Å². The number of aryl methyl sites for hydroxylation is 2. The third kappa shape index (κ3) is 4.18. The molecule has 0 spiro atoms. The van der Waals surface area contributed by atoms with Crippen LogP contribution in [0.5, 0.6) is 0 Å². The van der Waals surface area contributed by atoms with Gasteiger partial charge in [-0.05, 0) is 73.8 Å². The molecule has 0 aliphatic heterocycles. The number of benzene rings is 2. The van der Waals surface area contributed by atoms with E-state index in [-0.39, 0.29) is 11.2 Å². The van der Waals surface area contributed by atoms with Crippen LogP contribution in [-0.2, 0) is 5.41 Å². The van der Waals surface area contributed by atoms with Gasteiger partial charge in [0.25, 0.3) is 0 Å². The van der Waals surface area contributed by atoms with Gasteiger partial charge in [0.2, 0.25) is 0 Å². The Labute approximate surface area is 154 Å². The van der Waals surface area contributed by atoms with E-state index in [4.69, 9.17) is 12.2 Å². The highest BCUT2D eigenvalue weighted by molar-refractivity contribution is 7.80. The Morgan fingerprint density at radius 1 is 1.08 bits per heavy atom. The third-order valence-corrected chi connectivity index (χ3v) is 5.49. The van der Waals surface area contributed by atoms with E-state index in [9.17, 15) is 4.39 Å². The lowest BCUT2D eigenvalue weighted by Crippen LogP contribution is -2.40. The van der Waals surface area contributed by atoms with Crippen LogP contribution < -0.4 is 10.6 Å². The van der Waals surface area contributed by atoms with Gasteiger partial charge in [0.1, 0.15) is 5.82 Å². The second-order valence-electron chi connectivity index (χ2n) is 7.12. The van der Waals surface area contributed by atoms with E-state index in [1.165, 1.54) is 29.5 Å². The molecule has 25 heavy (non-hydrogen) atoms. The van der Waals surface area contributed by atoms with E-state index in [0.717, 1.165) is 25.1 Å². The maximum Gasteiger partial charge on any atom is 0.170 e. The minimum atomic E-state index is -0.183. The zero-order chi connectivity index (χ0) is 17.9. The van der Waals surface area contributed by atoms with Gasteiger partial charge >= 0.3 is 0 Å². The van der Waals surface area contributed by atoms with Crippen LogP contribution in [0.1, 0.15) is 42.4 Å². The van der Waals surface area contributed by atoms with Crippen molar-refractivity contribution in [3.63, 3.8) is 0 Å². The molecule has 0 saturated heterocycles. The largest absolute Gasteiger partial charge is 0.362 e. The fourth-order valence-corrected chi connectivity index (χ4v) is 3.89. The van der Waals surface area contributed by atoms with Gasteiger partial charge in [0.05, 0.1) is 0 Å². The maximum absolute atomic E-state index is 13.3. The van der Waals surface area contributed by atoms with E-state index in [2.05, 4.69) is 42.7 Å². The first-order valence-corrected chi connectivity index (χ1v) is 9.27. The van der Waals surface area contributed by atoms with Gasteiger partial charge in [0, 0.05) is 17.6 Å². The zero-order valence-electron chi connectivity index (χ0n) is 14.9. The highest BCUT2D eigenvalue weighted by atomic mass is 32.1. The van der Waals surface area contributed by atoms with Crippen molar-refractivity contribution in [2.45, 2.75) is 44.9 Å². The predicted molar refractivity (Wildman–Crippen MR) is 107 cm³/mol. The Morgan fingerprint density at radius 3 is 2.44 bits per heavy atom. The fourth-order valence-electron chi connectivity index (χ4n) is 3.71. The number of hydrogen-bond acceptors (Lipinski definition) is 1. The van der Waals surface area contributed by atoms with Gasteiger partial charge in [-0.2, -0.15) is 0 Å². The monoisotopic (exact) mass is 356 g/mol. The molecule has 0 aromatic heterocycles. The van der Waals surface area contributed by atoms with Crippen LogP contribution in [0.3, 0.4) is 0 Å². The standard InChI is InChI=1S/C21H25FN2S/c1-15-5-6-16(2)19(13-15)24-20(25)23-14-21(11-3-4-12-21)17-7-9-18(22)10-8-17/h5-10,13H,3-4,11-12,14H2,1-2H3,(H2,23,24,25). The molecule has 0 radical (unpaired) electrons. The third-order valence-electron chi connectivity index (χ3n) is 5.25. The zero-order valence-corrected chi connectivity index (χ0v) is 15.7. The molecule has 2 N–H and O–H groups in total. The van der Waals surface area contributed by atoms with Crippen LogP contribution in [0.4, 0.5) is 10.1 Å². The molecule has 2 aromatic rings. The number of thiocarbonyl (C=S) groups is 1. The first kappa shape index (κ1) is 17.9. The lowest BCUT2D eigenvalue weighted by molar-refractivity contribution is 0.434. The fraction of sp³-hybridized carbons (Fsp3) is 0.381. The second-order valence-corrected chi connectivity index (χ2v) is 7.53. The summed E-state index contributed by atoms with van der Waals surface area (Å²) in [5.74, 6) is -0.183. The van der Waals surface area contributed by atoms with Crippen molar-refractivity contribution in [1.82, 2.24) is 5.32 Å². The van der Waals surface area contributed by atoms with Crippen LogP contribution in [0.2, 0.25) is 0 Å². The normalized spacial score (nSPS) is 15.8. The van der Waals surface area contributed by atoms with Gasteiger partial charge in [0.15, 0.2) is 5.11 Å². The number of anilines is 1. The molecule has 2 aromatic carbocycles. The molecule has 0 amide bonds. The van der Waals surface area contributed by atoms with Crippen LogP contribution in [0, 0.1) is 19.7 Å². The van der Waals surface area contributed by atoms with E-state index in [0.29, 0.717) is 5.11 Å². The molecule has 132 valence electrons. The summed E-state index contributed by atoms with van der Waals surface area (Å²) in [6.07, 6.45) is 4.63. The van der Waals surface area contributed by atoms with Gasteiger partial charge in [-0.25, -0.2) is 4.39 Å². The first-order valence-electron chi connectivity index (χ1n) is 8.87. The smallest absolute Gasteiger partial charge is 0.170 e. The Hall–Kier alpha value is -1.94. The number of rotatable bonds is 4. The van der Waals surface area contributed by atoms with Crippen molar-refractivity contribution in [2.75, 3.05) is 11.9 Å². The molecule has 1 aliphatic rings. The predicted octanol–water partition coefficient (Wildman–Crippen LogP) is 5.24. The highest BCUT2D eigenvalue weighted by Crippen LogP contribution is 2.40. The molecular formula is C21H25FN2S. The van der Waals surface area contributed by atoms with Gasteiger partial charge in [-0.3, -0.25) is 0 Å². The van der Waals surface area contributed by atoms with Crippen molar-refractivity contribution >= 4 is 23.0 Å². The Bertz CT molecular complexity index is 749. The Morgan fingerprint density at radius 2 is 1.76 bits per heavy atom. The quantitative estimate of drug-likeness (QED) is 0.733. The summed E-state index contributed by atoms with van der Waals surface area (Å²) >= 11 is 5.51. The summed E-state index contributed by atoms with van der Waals surface area (Å²) in [6.45, 7) is 4.92. The maximum atomic E-state index is 13.3. The van der Waals surface area contributed by atoms with E-state index < -0.39 is 0 Å². The summed E-state index contributed by atoms with van der Waals surface area (Å²) in [5.41, 5.74) is 4.66. The second kappa shape index (κ2) is 7.52. The van der Waals surface area contributed by atoms with Crippen LogP contribution in [0.15, 0.2) is 42.5 Å². The minimum Gasteiger partial charge on any atom is -0.362 e. The topological polar surface area (TPSA) is 24.1 Å². The Balaban J connectivity index is 1.68. The number of hydrogen-bond donors (Lipinski definition) is 2. The molecule has 0 heterocycles. The lowest BCUT2D eigenvalue weighted by atomic mass is 9.79. The van der Waals surface area contributed by atoms with Crippen LogP contribution >= 0.6 is 12.2 Å². The summed E-state index contributed by atoms with van der Waals surface area (Å²) in [4.78, 5) is 0. The van der Waals surface area contributed by atoms with Crippen molar-refractivity contribution < 1.29 is 4.39 Å². The molecule has 1 fully saturated rings. The summed E-state index contributed by atoms with van der Waals surface area (Å²) in [6, 6.07) is 13.3. The van der Waals surface area contributed by atoms with Crippen LogP contribution in [0.25, 0.3) is 0 Å². The minimum absolute atomic E-state index is 0.0427. The average molecular weight is 357 g/mol. The number of nitrogens with one attached hydrogen (secondary N) is 2. The van der Waals surface area contributed by atoms with Crippen LogP contribution in [-0.4, -0.2) is 11.7 Å². The summed E-state index contributed by atoms with van der Waals surface area (Å²) < 4.78 is 13.3. The summed E-state index contributed by atoms with van der Waals surface area (Å²) in [5, 5.41) is 7.35. The van der Waals surface area contributed by atoms with Gasteiger partial charge in [-0.1, -0.05) is 37.1 Å². The van der Waals surface area contributed by atoms with E-state index >= 15 is 0 Å². The SMILES string of the molecule is Cc1ccc(C)c(NC(=S)NCC2(c3ccc(F)cc3)CCCC2)c1. The van der Waals surface area contributed by atoms with Crippen molar-refractivity contribution in [2.24, 2.45) is 0 Å². The van der Waals surface area contributed by atoms with E-state index in [1.807, 2.05) is 12.1 Å². The first-order chi connectivity index (χ1) is 12.0. The van der Waals surface area contributed by atoms with Gasteiger partial charge < -0.3 is 10.6 Å². The molecule has 0 atom stereocenters. The lowest BCUT2D eigenvalue weighted by Gasteiger charge is -2.30. The molecular weight excluding hydrogens is 331 g/mol. The number of halogens is 1. The van der Waals surface area contributed by atoms with E-state index in [1.54, 1.807) is 12.1 Å². The molecule has 3 rings (SSSR count). The Kier molecular flexibility index (Phi) is 5.38. The molecule has 0 bridgehead atoms. The summed E-state index contributed by atoms with van der Waals surface area (Å²) in [7, 11) is 0.